The van der Waals surface area contributed by atoms with Crippen molar-refractivity contribution in [2.45, 2.75) is 373 Å². The minimum absolute atomic E-state index is 0.0166. The fourth-order valence-electron chi connectivity index (χ4n) is 10.6. The van der Waals surface area contributed by atoms with Gasteiger partial charge < -0.3 is 28.8 Å². The van der Waals surface area contributed by atoms with Gasteiger partial charge in [0.1, 0.15) is 13.2 Å². The number of carbonyl (C=O) groups excluding carboxylic acids is 1. The van der Waals surface area contributed by atoms with E-state index in [1.807, 2.05) is 21.1 Å². The molecule has 0 bridgehead atoms. The van der Waals surface area contributed by atoms with Crippen molar-refractivity contribution in [2.75, 3.05) is 40.9 Å². The second-order valence-electron chi connectivity index (χ2n) is 24.5. The van der Waals surface area contributed by atoms with Crippen LogP contribution in [0.5, 0.6) is 0 Å². The van der Waals surface area contributed by atoms with Gasteiger partial charge in [-0.1, -0.05) is 341 Å². The molecule has 3 atom stereocenters. The Labute approximate surface area is 463 Å². The van der Waals surface area contributed by atoms with Gasteiger partial charge in [-0.05, 0) is 12.8 Å². The summed E-state index contributed by atoms with van der Waals surface area (Å²) in [6.07, 6.45) is 70.5. The smallest absolute Gasteiger partial charge is 0.268 e. The van der Waals surface area contributed by atoms with Gasteiger partial charge in [-0.3, -0.25) is 9.36 Å². The van der Waals surface area contributed by atoms with Crippen LogP contribution in [0.2, 0.25) is 0 Å². The summed E-state index contributed by atoms with van der Waals surface area (Å²) in [4.78, 5) is 25.5. The molecule has 1 amide bonds. The van der Waals surface area contributed by atoms with E-state index in [-0.39, 0.29) is 19.1 Å². The number of carbonyl (C=O) groups is 1. The predicted molar refractivity (Wildman–Crippen MR) is 321 cm³/mol. The van der Waals surface area contributed by atoms with E-state index in [4.69, 9.17) is 9.05 Å². The number of amides is 1. The van der Waals surface area contributed by atoms with Crippen LogP contribution in [0.25, 0.3) is 0 Å². The minimum Gasteiger partial charge on any atom is -0.756 e. The van der Waals surface area contributed by atoms with E-state index in [9.17, 15) is 19.4 Å². The molecule has 0 saturated heterocycles. The summed E-state index contributed by atoms with van der Waals surface area (Å²) in [6.45, 7) is 4.78. The average molecular weight is 1070 g/mol. The molecule has 444 valence electrons. The van der Waals surface area contributed by atoms with Gasteiger partial charge in [0.25, 0.3) is 7.82 Å². The highest BCUT2D eigenvalue weighted by molar-refractivity contribution is 7.45. The van der Waals surface area contributed by atoms with Crippen LogP contribution in [0.4, 0.5) is 0 Å². The molecular formula is C65H133N2O6P. The van der Waals surface area contributed by atoms with Gasteiger partial charge in [0.2, 0.25) is 5.91 Å². The first kappa shape index (κ1) is 73.5. The number of aliphatic hydroxyl groups is 1. The van der Waals surface area contributed by atoms with Gasteiger partial charge in [0.05, 0.1) is 39.9 Å². The Hall–Kier alpha value is -0.500. The lowest BCUT2D eigenvalue weighted by molar-refractivity contribution is -0.870. The number of nitrogens with zero attached hydrogens (tertiary/aromatic N) is 1. The number of hydrogen-bond donors (Lipinski definition) is 2. The lowest BCUT2D eigenvalue weighted by Gasteiger charge is -2.30. The van der Waals surface area contributed by atoms with Gasteiger partial charge >= 0.3 is 0 Å². The highest BCUT2D eigenvalue weighted by Crippen LogP contribution is 2.38. The molecule has 0 aliphatic heterocycles. The molecule has 0 aromatic carbocycles. The Kier molecular flexibility index (Phi) is 56.8. The van der Waals surface area contributed by atoms with Gasteiger partial charge in [-0.25, -0.2) is 0 Å². The zero-order chi connectivity index (χ0) is 54.2. The number of unbranched alkanes of at least 4 members (excludes halogenated alkanes) is 50. The van der Waals surface area contributed by atoms with E-state index in [0.29, 0.717) is 23.9 Å². The van der Waals surface area contributed by atoms with E-state index in [1.165, 1.54) is 295 Å². The van der Waals surface area contributed by atoms with Crippen LogP contribution in [0.3, 0.4) is 0 Å². The summed E-state index contributed by atoms with van der Waals surface area (Å²) < 4.78 is 23.4. The van der Waals surface area contributed by atoms with Crippen LogP contribution in [-0.4, -0.2) is 68.5 Å². The van der Waals surface area contributed by atoms with Crippen LogP contribution in [0, 0.1) is 0 Å². The van der Waals surface area contributed by atoms with Crippen molar-refractivity contribution >= 4 is 13.7 Å². The minimum atomic E-state index is -4.57. The van der Waals surface area contributed by atoms with Crippen molar-refractivity contribution in [3.63, 3.8) is 0 Å². The van der Waals surface area contributed by atoms with Crippen molar-refractivity contribution in [2.24, 2.45) is 0 Å². The number of quaternary nitrogens is 1. The van der Waals surface area contributed by atoms with E-state index < -0.39 is 20.0 Å². The number of likely N-dealkylation sites (N-methyl/N-ethyl adjacent to an activating group) is 1. The zero-order valence-electron chi connectivity index (χ0n) is 50.8. The second-order valence-corrected chi connectivity index (χ2v) is 26.0. The molecule has 0 aromatic rings. The Balaban J connectivity index is 3.82. The highest BCUT2D eigenvalue weighted by atomic mass is 31.2. The summed E-state index contributed by atoms with van der Waals surface area (Å²) in [5.74, 6) is -0.156. The lowest BCUT2D eigenvalue weighted by atomic mass is 10.0. The first-order valence-electron chi connectivity index (χ1n) is 33.4. The van der Waals surface area contributed by atoms with Crippen molar-refractivity contribution < 1.29 is 32.9 Å². The highest BCUT2D eigenvalue weighted by Gasteiger charge is 2.24. The fraction of sp³-hybridized carbons (Fsp3) is 0.985. The van der Waals surface area contributed by atoms with E-state index >= 15 is 0 Å². The molecule has 0 heterocycles. The van der Waals surface area contributed by atoms with Gasteiger partial charge in [0, 0.05) is 6.42 Å². The normalized spacial score (nSPS) is 13.7. The zero-order valence-corrected chi connectivity index (χ0v) is 51.7. The maximum absolute atomic E-state index is 13.0. The van der Waals surface area contributed by atoms with E-state index in [1.54, 1.807) is 0 Å². The number of aliphatic hydroxyl groups excluding tert-OH is 1. The monoisotopic (exact) mass is 1070 g/mol. The van der Waals surface area contributed by atoms with Crippen LogP contribution >= 0.6 is 7.82 Å². The summed E-state index contributed by atoms with van der Waals surface area (Å²) in [5.41, 5.74) is 0. The Bertz CT molecular complexity index is 1170. The standard InChI is InChI=1S/C65H133N2O6P/c1-6-8-10-12-14-16-18-20-22-23-24-25-26-27-28-29-30-31-32-33-34-35-36-37-38-39-40-41-42-43-44-45-47-49-51-53-55-57-59-65(69)66-63(62-73-74(70,71)72-61-60-67(3,4)5)64(68)58-56-54-52-50-48-46-21-19-17-15-13-11-9-7-2/h63-64,68H,6-62H2,1-5H3,(H-,66,69,70,71). The number of hydrogen-bond acceptors (Lipinski definition) is 6. The van der Waals surface area contributed by atoms with Crippen LogP contribution in [0.15, 0.2) is 0 Å². The van der Waals surface area contributed by atoms with E-state index in [0.717, 1.165) is 38.5 Å². The van der Waals surface area contributed by atoms with Gasteiger partial charge in [-0.2, -0.15) is 0 Å². The van der Waals surface area contributed by atoms with Crippen LogP contribution < -0.4 is 10.2 Å². The molecular weight excluding hydrogens is 936 g/mol. The second kappa shape index (κ2) is 57.2. The molecule has 0 aromatic heterocycles. The first-order chi connectivity index (χ1) is 36.0. The summed E-state index contributed by atoms with van der Waals surface area (Å²) in [5, 5.41) is 14.0. The Morgan fingerprint density at radius 2 is 0.662 bits per heavy atom. The first-order valence-corrected chi connectivity index (χ1v) is 34.8. The van der Waals surface area contributed by atoms with Crippen molar-refractivity contribution in [3.8, 4) is 0 Å². The molecule has 2 N–H and O–H groups in total. The molecule has 0 aliphatic carbocycles. The van der Waals surface area contributed by atoms with E-state index in [2.05, 4.69) is 19.2 Å². The maximum Gasteiger partial charge on any atom is 0.268 e. The van der Waals surface area contributed by atoms with Crippen LogP contribution in [0.1, 0.15) is 361 Å². The molecule has 74 heavy (non-hydrogen) atoms. The van der Waals surface area contributed by atoms with Crippen molar-refractivity contribution in [1.29, 1.82) is 0 Å². The average Bonchev–Trinajstić information content (AvgIpc) is 3.36. The molecule has 0 radical (unpaired) electrons. The van der Waals surface area contributed by atoms with Gasteiger partial charge in [-0.15, -0.1) is 0 Å². The molecule has 0 spiro atoms. The third kappa shape index (κ3) is 59.2. The maximum atomic E-state index is 13.0. The fourth-order valence-corrected chi connectivity index (χ4v) is 11.4. The Morgan fingerprint density at radius 1 is 0.419 bits per heavy atom. The molecule has 0 saturated carbocycles. The molecule has 3 unspecified atom stereocenters. The lowest BCUT2D eigenvalue weighted by Crippen LogP contribution is -2.46. The summed E-state index contributed by atoms with van der Waals surface area (Å²) in [6, 6.07) is -0.795. The summed E-state index contributed by atoms with van der Waals surface area (Å²) in [7, 11) is 1.33. The number of phosphoric acid groups is 1. The van der Waals surface area contributed by atoms with Gasteiger partial charge in [0.15, 0.2) is 0 Å². The SMILES string of the molecule is CCCCCCCCCCCCCCCCCCCCCCCCCCCCCCCCCCCCCCCCC(=O)NC(COP(=O)([O-])OCC[N+](C)(C)C)C(O)CCCCCCCCCCCCCCCC. The number of phosphoric ester groups is 1. The molecule has 9 heteroatoms. The van der Waals surface area contributed by atoms with Crippen molar-refractivity contribution in [1.82, 2.24) is 5.32 Å². The number of rotatable bonds is 63. The van der Waals surface area contributed by atoms with Crippen LogP contribution in [-0.2, 0) is 18.4 Å². The molecule has 0 fully saturated rings. The molecule has 8 nitrogen and oxygen atoms in total. The topological polar surface area (TPSA) is 108 Å². The molecule has 0 rings (SSSR count). The quantitative estimate of drug-likeness (QED) is 0.0357. The molecule has 0 aliphatic rings. The third-order valence-electron chi connectivity index (χ3n) is 15.8. The largest absolute Gasteiger partial charge is 0.756 e. The predicted octanol–water partition coefficient (Wildman–Crippen LogP) is 20.1. The Morgan fingerprint density at radius 3 is 0.919 bits per heavy atom. The third-order valence-corrected chi connectivity index (χ3v) is 16.8. The number of nitrogens with one attached hydrogen (secondary N) is 1. The van der Waals surface area contributed by atoms with Crippen molar-refractivity contribution in [3.05, 3.63) is 0 Å². The summed E-state index contributed by atoms with van der Waals surface area (Å²) >= 11 is 0.